The molecular formula is C7H8F7N. The Morgan fingerprint density at radius 2 is 1.27 bits per heavy atom. The van der Waals surface area contributed by atoms with Crippen LogP contribution in [0.1, 0.15) is 19.3 Å². The molecule has 0 saturated heterocycles. The van der Waals surface area contributed by atoms with Crippen LogP contribution in [0.15, 0.2) is 0 Å². The Balaban J connectivity index is 3.04. The highest BCUT2D eigenvalue weighted by Gasteiger charge is 2.79. The highest BCUT2D eigenvalue weighted by atomic mass is 19.4. The van der Waals surface area contributed by atoms with E-state index in [9.17, 15) is 30.7 Å². The summed E-state index contributed by atoms with van der Waals surface area (Å²) in [6, 6.07) is 0. The van der Waals surface area contributed by atoms with Gasteiger partial charge in [-0.05, 0) is 19.3 Å². The first kappa shape index (κ1) is 12.5. The van der Waals surface area contributed by atoms with Crippen LogP contribution in [0.2, 0.25) is 0 Å². The number of halogens is 7. The van der Waals surface area contributed by atoms with Gasteiger partial charge in [0.1, 0.15) is 0 Å². The Labute approximate surface area is 80.4 Å². The van der Waals surface area contributed by atoms with E-state index in [-0.39, 0.29) is 6.42 Å². The van der Waals surface area contributed by atoms with E-state index in [1.54, 1.807) is 0 Å². The molecule has 0 heterocycles. The number of rotatable bonds is 2. The average molecular weight is 239 g/mol. The van der Waals surface area contributed by atoms with E-state index in [0.29, 0.717) is 0 Å². The van der Waals surface area contributed by atoms with Gasteiger partial charge in [0.15, 0.2) is 0 Å². The zero-order chi connectivity index (χ0) is 12.1. The molecule has 2 N–H and O–H groups in total. The molecule has 8 heteroatoms. The predicted octanol–water partition coefficient (Wildman–Crippen LogP) is 2.70. The number of hydrogen-bond donors (Lipinski definition) is 1. The second kappa shape index (κ2) is 2.99. The van der Waals surface area contributed by atoms with Crippen molar-refractivity contribution in [3.8, 4) is 0 Å². The molecule has 1 rings (SSSR count). The Morgan fingerprint density at radius 1 is 0.867 bits per heavy atom. The monoisotopic (exact) mass is 239 g/mol. The molecule has 0 aromatic carbocycles. The molecule has 0 amide bonds. The van der Waals surface area contributed by atoms with Gasteiger partial charge in [-0.25, -0.2) is 0 Å². The number of nitrogens with two attached hydrogens (primary N) is 1. The highest BCUT2D eigenvalue weighted by Crippen LogP contribution is 2.55. The molecule has 0 unspecified atom stereocenters. The first-order valence-corrected chi connectivity index (χ1v) is 4.07. The van der Waals surface area contributed by atoms with Crippen molar-refractivity contribution in [2.24, 2.45) is 5.73 Å². The normalized spacial score (nSPS) is 22.4. The highest BCUT2D eigenvalue weighted by molar-refractivity contribution is 5.11. The smallest absolute Gasteiger partial charge is 0.320 e. The second-order valence-corrected chi connectivity index (χ2v) is 3.66. The first-order valence-electron chi connectivity index (χ1n) is 4.07. The maximum absolute atomic E-state index is 12.9. The summed E-state index contributed by atoms with van der Waals surface area (Å²) in [7, 11) is 0. The summed E-state index contributed by atoms with van der Waals surface area (Å²) in [5.41, 5.74) is 2.09. The summed E-state index contributed by atoms with van der Waals surface area (Å²) in [4.78, 5) is 0. The molecule has 15 heavy (non-hydrogen) atoms. The SMILES string of the molecule is NC1(C(F)(F)C(F)(F)C(F)(F)F)CCC1. The van der Waals surface area contributed by atoms with Crippen LogP contribution in [0, 0.1) is 0 Å². The van der Waals surface area contributed by atoms with Gasteiger partial charge in [0, 0.05) is 0 Å². The van der Waals surface area contributed by atoms with Crippen molar-refractivity contribution in [2.75, 3.05) is 0 Å². The standard InChI is InChI=1S/C7H8F7N/c8-5(9,4(15)2-1-3-4)6(10,11)7(12,13)14/h1-3,15H2. The van der Waals surface area contributed by atoms with Crippen LogP contribution in [0.25, 0.3) is 0 Å². The summed E-state index contributed by atoms with van der Waals surface area (Å²) >= 11 is 0. The van der Waals surface area contributed by atoms with Crippen LogP contribution in [0.3, 0.4) is 0 Å². The summed E-state index contributed by atoms with van der Waals surface area (Å²) in [6.45, 7) is 0. The van der Waals surface area contributed by atoms with Crippen LogP contribution in [-0.2, 0) is 0 Å². The molecule has 1 fully saturated rings. The first-order chi connectivity index (χ1) is 6.46. The Hall–Kier alpha value is -0.530. The van der Waals surface area contributed by atoms with Gasteiger partial charge in [0.2, 0.25) is 0 Å². The zero-order valence-corrected chi connectivity index (χ0v) is 7.34. The lowest BCUT2D eigenvalue weighted by atomic mass is 9.71. The van der Waals surface area contributed by atoms with Gasteiger partial charge >= 0.3 is 18.0 Å². The Bertz CT molecular complexity index is 253. The lowest BCUT2D eigenvalue weighted by Gasteiger charge is -2.46. The third-order valence-corrected chi connectivity index (χ3v) is 2.62. The molecule has 0 bridgehead atoms. The molecule has 0 atom stereocenters. The fourth-order valence-electron chi connectivity index (χ4n) is 1.36. The van der Waals surface area contributed by atoms with Crippen molar-refractivity contribution in [2.45, 2.75) is 42.8 Å². The molecule has 1 nitrogen and oxygen atoms in total. The molecule has 0 aromatic heterocycles. The van der Waals surface area contributed by atoms with Crippen LogP contribution in [-0.4, -0.2) is 23.6 Å². The van der Waals surface area contributed by atoms with Crippen molar-refractivity contribution in [1.29, 1.82) is 0 Å². The molecule has 1 saturated carbocycles. The van der Waals surface area contributed by atoms with E-state index in [1.165, 1.54) is 0 Å². The van der Waals surface area contributed by atoms with E-state index < -0.39 is 36.4 Å². The molecule has 0 aliphatic heterocycles. The zero-order valence-electron chi connectivity index (χ0n) is 7.34. The quantitative estimate of drug-likeness (QED) is 0.736. The molecule has 0 radical (unpaired) electrons. The van der Waals surface area contributed by atoms with Gasteiger partial charge in [-0.15, -0.1) is 0 Å². The van der Waals surface area contributed by atoms with Gasteiger partial charge in [-0.1, -0.05) is 0 Å². The second-order valence-electron chi connectivity index (χ2n) is 3.66. The Morgan fingerprint density at radius 3 is 1.47 bits per heavy atom. The third kappa shape index (κ3) is 1.49. The largest absolute Gasteiger partial charge is 0.459 e. The lowest BCUT2D eigenvalue weighted by molar-refractivity contribution is -0.373. The topological polar surface area (TPSA) is 26.0 Å². The third-order valence-electron chi connectivity index (χ3n) is 2.62. The van der Waals surface area contributed by atoms with Gasteiger partial charge in [0.05, 0.1) is 5.54 Å². The molecule has 1 aliphatic rings. The van der Waals surface area contributed by atoms with Crippen LogP contribution in [0.5, 0.6) is 0 Å². The maximum Gasteiger partial charge on any atom is 0.459 e. The van der Waals surface area contributed by atoms with Crippen molar-refractivity contribution >= 4 is 0 Å². The molecule has 90 valence electrons. The Kier molecular flexibility index (Phi) is 2.50. The summed E-state index contributed by atoms with van der Waals surface area (Å²) in [5, 5.41) is 0. The molecule has 0 spiro atoms. The van der Waals surface area contributed by atoms with E-state index in [1.807, 2.05) is 0 Å². The maximum atomic E-state index is 12.9. The molecule has 1 aliphatic carbocycles. The van der Waals surface area contributed by atoms with E-state index in [0.717, 1.165) is 0 Å². The van der Waals surface area contributed by atoms with Crippen LogP contribution in [0.4, 0.5) is 30.7 Å². The predicted molar refractivity (Wildman–Crippen MR) is 36.7 cm³/mol. The van der Waals surface area contributed by atoms with Crippen molar-refractivity contribution in [3.63, 3.8) is 0 Å². The van der Waals surface area contributed by atoms with E-state index in [2.05, 4.69) is 0 Å². The van der Waals surface area contributed by atoms with Crippen LogP contribution < -0.4 is 5.73 Å². The summed E-state index contributed by atoms with van der Waals surface area (Å²) in [5.74, 6) is -11.4. The van der Waals surface area contributed by atoms with Crippen LogP contribution >= 0.6 is 0 Å². The fraction of sp³-hybridized carbons (Fsp3) is 1.00. The van der Waals surface area contributed by atoms with Gasteiger partial charge in [-0.3, -0.25) is 0 Å². The van der Waals surface area contributed by atoms with E-state index >= 15 is 0 Å². The minimum Gasteiger partial charge on any atom is -0.320 e. The molecule has 0 aromatic rings. The van der Waals surface area contributed by atoms with Gasteiger partial charge < -0.3 is 5.73 Å². The summed E-state index contributed by atoms with van der Waals surface area (Å²) in [6.07, 6.45) is -7.24. The number of alkyl halides is 7. The van der Waals surface area contributed by atoms with Crippen molar-refractivity contribution in [1.82, 2.24) is 0 Å². The average Bonchev–Trinajstić information content (AvgIpc) is 1.97. The van der Waals surface area contributed by atoms with Crippen molar-refractivity contribution < 1.29 is 30.7 Å². The summed E-state index contributed by atoms with van der Waals surface area (Å²) < 4.78 is 86.0. The van der Waals surface area contributed by atoms with Gasteiger partial charge in [0.25, 0.3) is 0 Å². The molecular weight excluding hydrogens is 231 g/mol. The fourth-order valence-corrected chi connectivity index (χ4v) is 1.36. The van der Waals surface area contributed by atoms with E-state index in [4.69, 9.17) is 5.73 Å². The van der Waals surface area contributed by atoms with Crippen molar-refractivity contribution in [3.05, 3.63) is 0 Å². The lowest BCUT2D eigenvalue weighted by Crippen LogP contribution is -2.70. The number of hydrogen-bond acceptors (Lipinski definition) is 1. The minimum atomic E-state index is -6.29. The van der Waals surface area contributed by atoms with Gasteiger partial charge in [-0.2, -0.15) is 30.7 Å². The minimum absolute atomic E-state index is 0.125.